The Balaban J connectivity index is 1.34. The summed E-state index contributed by atoms with van der Waals surface area (Å²) in [5.74, 6) is 0.188. The second-order valence-electron chi connectivity index (χ2n) is 9.17. The van der Waals surface area contributed by atoms with Crippen LogP contribution in [0, 0.1) is 18.6 Å². The molecular weight excluding hydrogens is 490 g/mol. The number of aromatic nitrogens is 1. The molecule has 1 heterocycles. The number of hydrogen-bond acceptors (Lipinski definition) is 5. The highest BCUT2D eigenvalue weighted by molar-refractivity contribution is 5.79. The van der Waals surface area contributed by atoms with Gasteiger partial charge >= 0.3 is 5.97 Å². The lowest BCUT2D eigenvalue weighted by molar-refractivity contribution is -0.145. The zero-order valence-corrected chi connectivity index (χ0v) is 21.3. The molecule has 3 aromatic carbocycles. The van der Waals surface area contributed by atoms with E-state index < -0.39 is 11.5 Å². The summed E-state index contributed by atoms with van der Waals surface area (Å²) in [5, 5.41) is 13.2. The molecule has 4 aromatic rings. The summed E-state index contributed by atoms with van der Waals surface area (Å²) in [6, 6.07) is 19.3. The van der Waals surface area contributed by atoms with E-state index >= 15 is 0 Å². The monoisotopic (exact) mass is 520 g/mol. The van der Waals surface area contributed by atoms with E-state index in [4.69, 9.17) is 9.15 Å². The van der Waals surface area contributed by atoms with Crippen molar-refractivity contribution >= 4 is 5.97 Å². The molecular formula is C30H30F2N2O4. The number of carbonyl (C=O) groups is 1. The van der Waals surface area contributed by atoms with Gasteiger partial charge in [0.25, 0.3) is 0 Å². The van der Waals surface area contributed by atoms with Gasteiger partial charge < -0.3 is 14.3 Å². The topological polar surface area (TPSA) is 84.6 Å². The van der Waals surface area contributed by atoms with E-state index in [0.717, 1.165) is 16.8 Å². The Labute approximate surface area is 220 Å². The van der Waals surface area contributed by atoms with E-state index in [1.54, 1.807) is 24.3 Å². The molecule has 0 aliphatic heterocycles. The van der Waals surface area contributed by atoms with Crippen LogP contribution in [0.2, 0.25) is 0 Å². The largest absolute Gasteiger partial charge is 0.493 e. The van der Waals surface area contributed by atoms with Crippen molar-refractivity contribution in [1.82, 2.24) is 10.3 Å². The van der Waals surface area contributed by atoms with E-state index in [2.05, 4.69) is 10.3 Å². The molecule has 0 bridgehead atoms. The lowest BCUT2D eigenvalue weighted by Crippen LogP contribution is -2.53. The first-order valence-corrected chi connectivity index (χ1v) is 12.4. The number of aliphatic carboxylic acids is 1. The third-order valence-electron chi connectivity index (χ3n) is 6.58. The summed E-state index contributed by atoms with van der Waals surface area (Å²) in [5.41, 5.74) is 1.96. The molecule has 0 aliphatic rings. The molecule has 0 spiro atoms. The average molecular weight is 521 g/mol. The summed E-state index contributed by atoms with van der Waals surface area (Å²) < 4.78 is 38.0. The first-order chi connectivity index (χ1) is 18.3. The summed E-state index contributed by atoms with van der Waals surface area (Å²) in [6.07, 6.45) is 1.19. The number of rotatable bonds is 12. The molecule has 8 heteroatoms. The smallest absolute Gasteiger partial charge is 0.324 e. The SMILES string of the molecule is CC[C@@](Cc1ccc(OCCc2nc(-c3ccc(F)cc3)oc2C)cc1)(NCc1ccc(F)cc1)C(=O)O. The predicted molar refractivity (Wildman–Crippen MR) is 140 cm³/mol. The lowest BCUT2D eigenvalue weighted by Gasteiger charge is -2.30. The third kappa shape index (κ3) is 6.63. The maximum Gasteiger partial charge on any atom is 0.324 e. The number of aryl methyl sites for hydroxylation is 1. The van der Waals surface area contributed by atoms with Gasteiger partial charge in [-0.3, -0.25) is 10.1 Å². The molecule has 6 nitrogen and oxygen atoms in total. The third-order valence-corrected chi connectivity index (χ3v) is 6.58. The van der Waals surface area contributed by atoms with Crippen molar-refractivity contribution < 1.29 is 27.8 Å². The van der Waals surface area contributed by atoms with E-state index in [1.807, 2.05) is 38.1 Å². The fourth-order valence-electron chi connectivity index (χ4n) is 4.18. The number of carboxylic acid groups (broad SMARTS) is 1. The molecule has 0 amide bonds. The van der Waals surface area contributed by atoms with Crippen LogP contribution < -0.4 is 10.1 Å². The molecule has 0 saturated carbocycles. The summed E-state index contributed by atoms with van der Waals surface area (Å²) in [4.78, 5) is 16.7. The van der Waals surface area contributed by atoms with Gasteiger partial charge in [-0.05, 0) is 73.0 Å². The van der Waals surface area contributed by atoms with Crippen LogP contribution in [-0.2, 0) is 24.2 Å². The molecule has 1 atom stereocenters. The molecule has 0 aliphatic carbocycles. The Morgan fingerprint density at radius 1 is 0.974 bits per heavy atom. The molecule has 0 fully saturated rings. The van der Waals surface area contributed by atoms with Crippen LogP contribution >= 0.6 is 0 Å². The zero-order chi connectivity index (χ0) is 27.1. The normalized spacial score (nSPS) is 12.7. The molecule has 38 heavy (non-hydrogen) atoms. The van der Waals surface area contributed by atoms with E-state index in [-0.39, 0.29) is 18.1 Å². The number of benzene rings is 3. The predicted octanol–water partition coefficient (Wildman–Crippen LogP) is 6.12. The zero-order valence-electron chi connectivity index (χ0n) is 21.3. The van der Waals surface area contributed by atoms with E-state index in [9.17, 15) is 18.7 Å². The van der Waals surface area contributed by atoms with Gasteiger partial charge in [0.05, 0.1) is 12.3 Å². The Bertz CT molecular complexity index is 1350. The number of nitrogens with zero attached hydrogens (tertiary/aromatic N) is 1. The fourth-order valence-corrected chi connectivity index (χ4v) is 4.18. The number of halogens is 2. The van der Waals surface area contributed by atoms with Crippen molar-refractivity contribution in [3.05, 3.63) is 107 Å². The number of hydrogen-bond donors (Lipinski definition) is 2. The Kier molecular flexibility index (Phi) is 8.53. The van der Waals surface area contributed by atoms with Gasteiger partial charge in [-0.25, -0.2) is 13.8 Å². The number of carboxylic acids is 1. The Hall–Kier alpha value is -4.04. The molecule has 1 aromatic heterocycles. The van der Waals surface area contributed by atoms with Gasteiger partial charge in [-0.2, -0.15) is 0 Å². The maximum atomic E-state index is 13.2. The molecule has 0 radical (unpaired) electrons. The molecule has 0 saturated heterocycles. The highest BCUT2D eigenvalue weighted by atomic mass is 19.1. The van der Waals surface area contributed by atoms with Crippen molar-refractivity contribution in [3.63, 3.8) is 0 Å². The van der Waals surface area contributed by atoms with Crippen LogP contribution in [0.25, 0.3) is 11.5 Å². The van der Waals surface area contributed by atoms with Gasteiger partial charge in [-0.1, -0.05) is 31.2 Å². The minimum atomic E-state index is -1.16. The molecule has 198 valence electrons. The summed E-state index contributed by atoms with van der Waals surface area (Å²) in [6.45, 7) is 4.35. The summed E-state index contributed by atoms with van der Waals surface area (Å²) >= 11 is 0. The van der Waals surface area contributed by atoms with Crippen LogP contribution in [-0.4, -0.2) is 28.2 Å². The Morgan fingerprint density at radius 3 is 2.18 bits per heavy atom. The Morgan fingerprint density at radius 2 is 1.58 bits per heavy atom. The lowest BCUT2D eigenvalue weighted by atomic mass is 9.87. The van der Waals surface area contributed by atoms with Crippen LogP contribution in [0.5, 0.6) is 5.75 Å². The number of oxazole rings is 1. The van der Waals surface area contributed by atoms with Gasteiger partial charge in [0, 0.05) is 24.9 Å². The first-order valence-electron chi connectivity index (χ1n) is 12.4. The van der Waals surface area contributed by atoms with Gasteiger partial charge in [-0.15, -0.1) is 0 Å². The highest BCUT2D eigenvalue weighted by Crippen LogP contribution is 2.24. The molecule has 2 N–H and O–H groups in total. The van der Waals surface area contributed by atoms with Crippen LogP contribution in [0.3, 0.4) is 0 Å². The number of ether oxygens (including phenoxy) is 1. The highest BCUT2D eigenvalue weighted by Gasteiger charge is 2.36. The molecule has 0 unspecified atom stereocenters. The van der Waals surface area contributed by atoms with Crippen molar-refractivity contribution in [3.8, 4) is 17.2 Å². The second-order valence-corrected chi connectivity index (χ2v) is 9.17. The summed E-state index contributed by atoms with van der Waals surface area (Å²) in [7, 11) is 0. The van der Waals surface area contributed by atoms with Crippen LogP contribution in [0.1, 0.15) is 35.9 Å². The van der Waals surface area contributed by atoms with Crippen molar-refractivity contribution in [2.75, 3.05) is 6.61 Å². The molecule has 4 rings (SSSR count). The van der Waals surface area contributed by atoms with Gasteiger partial charge in [0.15, 0.2) is 0 Å². The van der Waals surface area contributed by atoms with Crippen LogP contribution in [0.4, 0.5) is 8.78 Å². The van der Waals surface area contributed by atoms with Crippen molar-refractivity contribution in [2.45, 2.75) is 45.2 Å². The van der Waals surface area contributed by atoms with Crippen LogP contribution in [0.15, 0.2) is 77.2 Å². The van der Waals surface area contributed by atoms with E-state index in [0.29, 0.717) is 49.0 Å². The van der Waals surface area contributed by atoms with Gasteiger partial charge in [0.1, 0.15) is 28.7 Å². The quantitative estimate of drug-likeness (QED) is 0.234. The minimum Gasteiger partial charge on any atom is -0.493 e. The van der Waals surface area contributed by atoms with Gasteiger partial charge in [0.2, 0.25) is 5.89 Å². The number of nitrogens with one attached hydrogen (secondary N) is 1. The standard InChI is InChI=1S/C30H30F2N2O4/c1-3-30(29(35)36,33-19-22-4-10-24(31)11-5-22)18-21-6-14-26(15-7-21)37-17-16-27-20(2)38-28(34-27)23-8-12-25(32)13-9-23/h4-15,33H,3,16-19H2,1-2H3,(H,35,36)/t30-/m0/s1. The van der Waals surface area contributed by atoms with Crippen molar-refractivity contribution in [2.24, 2.45) is 0 Å². The minimum absolute atomic E-state index is 0.282. The fraction of sp³-hybridized carbons (Fsp3) is 0.267. The maximum absolute atomic E-state index is 13.2. The van der Waals surface area contributed by atoms with Crippen molar-refractivity contribution in [1.29, 1.82) is 0 Å². The average Bonchev–Trinajstić information content (AvgIpc) is 3.29. The first kappa shape index (κ1) is 27.0. The second kappa shape index (κ2) is 12.0. The van der Waals surface area contributed by atoms with E-state index in [1.165, 1.54) is 24.3 Å².